The van der Waals surface area contributed by atoms with Crippen molar-refractivity contribution in [2.45, 2.75) is 18.5 Å². The van der Waals surface area contributed by atoms with Crippen molar-refractivity contribution in [1.82, 2.24) is 15.1 Å². The van der Waals surface area contributed by atoms with Crippen molar-refractivity contribution in [3.05, 3.63) is 28.8 Å². The van der Waals surface area contributed by atoms with Crippen LogP contribution in [0.5, 0.6) is 5.75 Å². The number of carbonyl (C=O) groups is 2. The van der Waals surface area contributed by atoms with E-state index in [-0.39, 0.29) is 42.0 Å². The standard InChI is InChI=1S/C18H21ClF3N3O4/c19-14-5-13(6-15(7-14)29-10-18(20,21)22)12-1-3-24(8-12)17(27)25-4-2-23-16(26)9-28-11-25/h5-7,12H,1-4,8-11H2,(H,23,26). The van der Waals surface area contributed by atoms with Crippen molar-refractivity contribution in [2.75, 3.05) is 46.1 Å². The molecule has 2 heterocycles. The molecule has 1 atom stereocenters. The van der Waals surface area contributed by atoms with Crippen molar-refractivity contribution >= 4 is 23.5 Å². The number of ether oxygens (including phenoxy) is 2. The van der Waals surface area contributed by atoms with Gasteiger partial charge in [-0.05, 0) is 30.2 Å². The van der Waals surface area contributed by atoms with Crippen LogP contribution in [0.3, 0.4) is 0 Å². The molecule has 0 saturated carbocycles. The first-order chi connectivity index (χ1) is 13.7. The van der Waals surface area contributed by atoms with Crippen LogP contribution in [0.15, 0.2) is 18.2 Å². The second-order valence-electron chi connectivity index (χ2n) is 6.93. The van der Waals surface area contributed by atoms with Gasteiger partial charge in [-0.1, -0.05) is 11.6 Å². The number of amides is 3. The van der Waals surface area contributed by atoms with E-state index in [1.54, 1.807) is 11.0 Å². The summed E-state index contributed by atoms with van der Waals surface area (Å²) in [5.74, 6) is -0.244. The zero-order valence-electron chi connectivity index (χ0n) is 15.5. The SMILES string of the molecule is O=C1COCN(C(=O)N2CCC(c3cc(Cl)cc(OCC(F)(F)F)c3)C2)CCN1. The lowest BCUT2D eigenvalue weighted by atomic mass is 9.98. The summed E-state index contributed by atoms with van der Waals surface area (Å²) in [5, 5.41) is 2.92. The second kappa shape index (κ2) is 9.08. The largest absolute Gasteiger partial charge is 0.484 e. The maximum Gasteiger partial charge on any atom is 0.422 e. The maximum absolute atomic E-state index is 12.8. The lowest BCUT2D eigenvalue weighted by Crippen LogP contribution is -2.48. The van der Waals surface area contributed by atoms with Crippen LogP contribution >= 0.6 is 11.6 Å². The monoisotopic (exact) mass is 435 g/mol. The number of carbonyl (C=O) groups excluding carboxylic acids is 2. The molecule has 1 aromatic rings. The first-order valence-electron chi connectivity index (χ1n) is 9.09. The summed E-state index contributed by atoms with van der Waals surface area (Å²) in [4.78, 5) is 27.2. The van der Waals surface area contributed by atoms with Gasteiger partial charge >= 0.3 is 12.2 Å². The van der Waals surface area contributed by atoms with Crippen LogP contribution in [0, 0.1) is 0 Å². The fourth-order valence-corrected chi connectivity index (χ4v) is 3.55. The van der Waals surface area contributed by atoms with Gasteiger partial charge in [-0.3, -0.25) is 9.69 Å². The summed E-state index contributed by atoms with van der Waals surface area (Å²) < 4.78 is 47.2. The Morgan fingerprint density at radius 3 is 2.83 bits per heavy atom. The fourth-order valence-electron chi connectivity index (χ4n) is 3.32. The van der Waals surface area contributed by atoms with Gasteiger partial charge in [0.15, 0.2) is 6.61 Å². The van der Waals surface area contributed by atoms with E-state index in [4.69, 9.17) is 21.1 Å². The van der Waals surface area contributed by atoms with E-state index in [2.05, 4.69) is 5.32 Å². The molecule has 1 aromatic carbocycles. The highest BCUT2D eigenvalue weighted by Crippen LogP contribution is 2.33. The molecule has 2 fully saturated rings. The maximum atomic E-state index is 12.8. The van der Waals surface area contributed by atoms with Crippen LogP contribution in [0.4, 0.5) is 18.0 Å². The number of hydrogen-bond acceptors (Lipinski definition) is 4. The molecule has 11 heteroatoms. The molecular weight excluding hydrogens is 415 g/mol. The van der Waals surface area contributed by atoms with Gasteiger partial charge in [0.25, 0.3) is 0 Å². The minimum atomic E-state index is -4.44. The van der Waals surface area contributed by atoms with Crippen LogP contribution in [-0.4, -0.2) is 74.0 Å². The Hall–Kier alpha value is -2.20. The van der Waals surface area contributed by atoms with Crippen LogP contribution in [0.1, 0.15) is 17.9 Å². The third-order valence-corrected chi connectivity index (χ3v) is 4.90. The molecule has 0 aliphatic carbocycles. The molecule has 160 valence electrons. The Morgan fingerprint density at radius 1 is 1.28 bits per heavy atom. The number of halogens is 4. The topological polar surface area (TPSA) is 71.1 Å². The van der Waals surface area contributed by atoms with Crippen LogP contribution in [0.2, 0.25) is 5.02 Å². The van der Waals surface area contributed by atoms with E-state index < -0.39 is 12.8 Å². The normalized spacial score (nSPS) is 20.8. The third kappa shape index (κ3) is 6.14. The number of nitrogens with one attached hydrogen (secondary N) is 1. The number of urea groups is 1. The molecule has 0 radical (unpaired) electrons. The summed E-state index contributed by atoms with van der Waals surface area (Å²) in [7, 11) is 0. The van der Waals surface area contributed by atoms with Crippen molar-refractivity contribution in [2.24, 2.45) is 0 Å². The molecule has 1 unspecified atom stereocenters. The molecule has 0 aromatic heterocycles. The smallest absolute Gasteiger partial charge is 0.422 e. The number of nitrogens with zero attached hydrogens (tertiary/aromatic N) is 2. The molecule has 1 N–H and O–H groups in total. The molecular formula is C18H21ClF3N3O4. The quantitative estimate of drug-likeness (QED) is 0.792. The number of rotatable bonds is 3. The molecule has 0 bridgehead atoms. The number of alkyl halides is 3. The average molecular weight is 436 g/mol. The molecule has 2 aliphatic rings. The van der Waals surface area contributed by atoms with Crippen LogP contribution in [0.25, 0.3) is 0 Å². The summed E-state index contributed by atoms with van der Waals surface area (Å²) in [6.07, 6.45) is -3.79. The Morgan fingerprint density at radius 2 is 2.07 bits per heavy atom. The van der Waals surface area contributed by atoms with Crippen LogP contribution in [-0.2, 0) is 9.53 Å². The number of likely N-dealkylation sites (tertiary alicyclic amines) is 1. The van der Waals surface area contributed by atoms with Crippen LogP contribution < -0.4 is 10.1 Å². The van der Waals surface area contributed by atoms with E-state index in [1.807, 2.05) is 0 Å². The molecule has 7 nitrogen and oxygen atoms in total. The van der Waals surface area contributed by atoms with Gasteiger partial charge in [0.05, 0.1) is 0 Å². The van der Waals surface area contributed by atoms with Gasteiger partial charge in [-0.15, -0.1) is 0 Å². The lowest BCUT2D eigenvalue weighted by Gasteiger charge is -2.29. The molecule has 29 heavy (non-hydrogen) atoms. The highest BCUT2D eigenvalue weighted by molar-refractivity contribution is 6.30. The Kier molecular flexibility index (Phi) is 6.74. The summed E-state index contributed by atoms with van der Waals surface area (Å²) in [5.41, 5.74) is 0.723. The van der Waals surface area contributed by atoms with Gasteiger partial charge in [0.2, 0.25) is 5.91 Å². The zero-order valence-corrected chi connectivity index (χ0v) is 16.3. The molecule has 0 spiro atoms. The van der Waals surface area contributed by atoms with Crippen molar-refractivity contribution in [3.8, 4) is 5.75 Å². The van der Waals surface area contributed by atoms with E-state index >= 15 is 0 Å². The highest BCUT2D eigenvalue weighted by atomic mass is 35.5. The fraction of sp³-hybridized carbons (Fsp3) is 0.556. The van der Waals surface area contributed by atoms with E-state index in [9.17, 15) is 22.8 Å². The predicted octanol–water partition coefficient (Wildman–Crippen LogP) is 2.60. The Labute approximate surface area is 170 Å². The van der Waals surface area contributed by atoms with E-state index in [1.165, 1.54) is 17.0 Å². The molecule has 2 aliphatic heterocycles. The van der Waals surface area contributed by atoms with Crippen molar-refractivity contribution in [3.63, 3.8) is 0 Å². The first kappa shape index (κ1) is 21.5. The van der Waals surface area contributed by atoms with Gasteiger partial charge in [0, 0.05) is 37.1 Å². The first-order valence-corrected chi connectivity index (χ1v) is 9.47. The van der Waals surface area contributed by atoms with Gasteiger partial charge in [0.1, 0.15) is 19.1 Å². The lowest BCUT2D eigenvalue weighted by molar-refractivity contribution is -0.153. The van der Waals surface area contributed by atoms with Gasteiger partial charge in [-0.2, -0.15) is 13.2 Å². The van der Waals surface area contributed by atoms with E-state index in [0.29, 0.717) is 32.6 Å². The highest BCUT2D eigenvalue weighted by Gasteiger charge is 2.32. The Bertz CT molecular complexity index is 750. The van der Waals surface area contributed by atoms with E-state index in [0.717, 1.165) is 5.56 Å². The summed E-state index contributed by atoms with van der Waals surface area (Å²) in [6.45, 7) is 0.110. The Balaban J connectivity index is 1.62. The van der Waals surface area contributed by atoms with Gasteiger partial charge < -0.3 is 19.7 Å². The molecule has 3 rings (SSSR count). The minimum Gasteiger partial charge on any atom is -0.484 e. The van der Waals surface area contributed by atoms with Crippen molar-refractivity contribution < 1.29 is 32.2 Å². The number of hydrogen-bond donors (Lipinski definition) is 1. The minimum absolute atomic E-state index is 0.0278. The van der Waals surface area contributed by atoms with Gasteiger partial charge in [-0.25, -0.2) is 4.79 Å². The summed E-state index contributed by atoms with van der Waals surface area (Å²) >= 11 is 6.04. The molecule has 2 saturated heterocycles. The average Bonchev–Trinajstić information content (AvgIpc) is 3.11. The third-order valence-electron chi connectivity index (χ3n) is 4.68. The second-order valence-corrected chi connectivity index (χ2v) is 7.37. The van der Waals surface area contributed by atoms with Crippen molar-refractivity contribution in [1.29, 1.82) is 0 Å². The summed E-state index contributed by atoms with van der Waals surface area (Å²) in [6, 6.07) is 4.33. The zero-order chi connectivity index (χ0) is 21.0. The molecule has 3 amide bonds. The predicted molar refractivity (Wildman–Crippen MR) is 97.9 cm³/mol. The number of benzene rings is 1.